The molecule has 2 rings (SSSR count). The van der Waals surface area contributed by atoms with Crippen LogP contribution in [0.1, 0.15) is 36.4 Å². The van der Waals surface area contributed by atoms with Gasteiger partial charge in [-0.1, -0.05) is 26.7 Å². The highest BCUT2D eigenvalue weighted by molar-refractivity contribution is 7.27. The number of thiophene rings is 2. The van der Waals surface area contributed by atoms with E-state index in [0.29, 0.717) is 5.92 Å². The number of rotatable bonds is 5. The lowest BCUT2D eigenvalue weighted by Crippen LogP contribution is -2.28. The fourth-order valence-corrected chi connectivity index (χ4v) is 3.80. The summed E-state index contributed by atoms with van der Waals surface area (Å²) in [7, 11) is 0. The lowest BCUT2D eigenvalue weighted by atomic mass is 10.0. The smallest absolute Gasteiger partial charge is 0.261 e. The molecular weight excluding hydrogens is 250 g/mol. The molecule has 4 heteroatoms. The van der Waals surface area contributed by atoms with Crippen LogP contribution in [0.2, 0.25) is 0 Å². The average molecular weight is 267 g/mol. The SMILES string of the molecule is CCC(CC)CNC(=O)c1cc2sccc2s1. The van der Waals surface area contributed by atoms with Gasteiger partial charge in [-0.25, -0.2) is 0 Å². The molecule has 0 saturated heterocycles. The molecule has 1 amide bonds. The molecule has 0 saturated carbocycles. The van der Waals surface area contributed by atoms with Gasteiger partial charge in [0.1, 0.15) is 0 Å². The van der Waals surface area contributed by atoms with Crippen molar-refractivity contribution in [2.45, 2.75) is 26.7 Å². The molecule has 0 spiro atoms. The zero-order valence-corrected chi connectivity index (χ0v) is 11.8. The standard InChI is InChI=1S/C13H17NOS2/c1-3-9(4-2)8-14-13(15)12-7-11-10(17-12)5-6-16-11/h5-7,9H,3-4,8H2,1-2H3,(H,14,15). The fourth-order valence-electron chi connectivity index (χ4n) is 1.78. The van der Waals surface area contributed by atoms with Crippen LogP contribution in [0.3, 0.4) is 0 Å². The molecule has 0 aromatic carbocycles. The second kappa shape index (κ2) is 5.65. The first-order valence-electron chi connectivity index (χ1n) is 5.99. The maximum Gasteiger partial charge on any atom is 0.261 e. The topological polar surface area (TPSA) is 29.1 Å². The second-order valence-corrected chi connectivity index (χ2v) is 6.18. The Kier molecular flexibility index (Phi) is 4.18. The van der Waals surface area contributed by atoms with Crippen molar-refractivity contribution in [3.05, 3.63) is 22.4 Å². The summed E-state index contributed by atoms with van der Waals surface area (Å²) in [6, 6.07) is 4.06. The second-order valence-electron chi connectivity index (χ2n) is 4.15. The Labute approximate surface area is 110 Å². The average Bonchev–Trinajstić information content (AvgIpc) is 2.90. The van der Waals surface area contributed by atoms with Gasteiger partial charge in [0.05, 0.1) is 4.88 Å². The molecule has 0 aliphatic rings. The lowest BCUT2D eigenvalue weighted by Gasteiger charge is -2.12. The summed E-state index contributed by atoms with van der Waals surface area (Å²) in [5.74, 6) is 0.672. The van der Waals surface area contributed by atoms with Crippen LogP contribution in [0.4, 0.5) is 0 Å². The van der Waals surface area contributed by atoms with Crippen molar-refractivity contribution in [2.75, 3.05) is 6.54 Å². The molecule has 0 bridgehead atoms. The van der Waals surface area contributed by atoms with Crippen molar-refractivity contribution in [3.63, 3.8) is 0 Å². The van der Waals surface area contributed by atoms with Crippen LogP contribution in [0.25, 0.3) is 9.40 Å². The van der Waals surface area contributed by atoms with E-state index in [-0.39, 0.29) is 5.91 Å². The van der Waals surface area contributed by atoms with Crippen LogP contribution in [-0.4, -0.2) is 12.5 Å². The first-order valence-corrected chi connectivity index (χ1v) is 7.69. The minimum Gasteiger partial charge on any atom is -0.351 e. The van der Waals surface area contributed by atoms with E-state index in [1.54, 1.807) is 22.7 Å². The molecule has 2 aromatic rings. The first kappa shape index (κ1) is 12.6. The van der Waals surface area contributed by atoms with Gasteiger partial charge in [-0.3, -0.25) is 4.79 Å². The molecule has 2 nitrogen and oxygen atoms in total. The Balaban J connectivity index is 1.98. The van der Waals surface area contributed by atoms with Crippen molar-refractivity contribution >= 4 is 38.0 Å². The first-order chi connectivity index (χ1) is 8.24. The Morgan fingerprint density at radius 3 is 2.76 bits per heavy atom. The fraction of sp³-hybridized carbons (Fsp3) is 0.462. The highest BCUT2D eigenvalue weighted by atomic mass is 32.1. The Hall–Kier alpha value is -0.870. The van der Waals surface area contributed by atoms with Gasteiger partial charge in [-0.2, -0.15) is 0 Å². The molecule has 0 atom stereocenters. The number of carbonyl (C=O) groups excluding carboxylic acids is 1. The van der Waals surface area contributed by atoms with Gasteiger partial charge in [0.15, 0.2) is 0 Å². The number of carbonyl (C=O) groups is 1. The number of hydrogen-bond donors (Lipinski definition) is 1. The summed E-state index contributed by atoms with van der Waals surface area (Å²) in [6.07, 6.45) is 2.24. The summed E-state index contributed by atoms with van der Waals surface area (Å²) < 4.78 is 2.42. The monoisotopic (exact) mass is 267 g/mol. The van der Waals surface area contributed by atoms with Gasteiger partial charge in [0.25, 0.3) is 5.91 Å². The molecule has 0 aliphatic carbocycles. The Bertz CT molecular complexity index is 468. The van der Waals surface area contributed by atoms with Gasteiger partial charge in [-0.15, -0.1) is 22.7 Å². The largest absolute Gasteiger partial charge is 0.351 e. The van der Waals surface area contributed by atoms with E-state index in [0.717, 1.165) is 24.3 Å². The van der Waals surface area contributed by atoms with E-state index in [1.807, 2.05) is 6.07 Å². The third-order valence-electron chi connectivity index (χ3n) is 3.07. The van der Waals surface area contributed by atoms with Crippen molar-refractivity contribution < 1.29 is 4.79 Å². The molecule has 2 heterocycles. The van der Waals surface area contributed by atoms with Crippen molar-refractivity contribution in [1.82, 2.24) is 5.32 Å². The summed E-state index contributed by atoms with van der Waals surface area (Å²) in [6.45, 7) is 5.13. The number of amides is 1. The maximum atomic E-state index is 12.0. The molecular formula is C13H17NOS2. The van der Waals surface area contributed by atoms with E-state index in [1.165, 1.54) is 9.40 Å². The van der Waals surface area contributed by atoms with Gasteiger partial charge in [0.2, 0.25) is 0 Å². The normalized spacial score (nSPS) is 11.2. The van der Waals surface area contributed by atoms with Crippen LogP contribution in [0.15, 0.2) is 17.5 Å². The van der Waals surface area contributed by atoms with Gasteiger partial charge >= 0.3 is 0 Å². The molecule has 0 fully saturated rings. The summed E-state index contributed by atoms with van der Waals surface area (Å²) >= 11 is 3.27. The minimum atomic E-state index is 0.0744. The van der Waals surface area contributed by atoms with E-state index in [2.05, 4.69) is 30.6 Å². The Morgan fingerprint density at radius 1 is 1.35 bits per heavy atom. The zero-order chi connectivity index (χ0) is 12.3. The van der Waals surface area contributed by atoms with Gasteiger partial charge in [0, 0.05) is 15.9 Å². The minimum absolute atomic E-state index is 0.0744. The predicted octanol–water partition coefficient (Wildman–Crippen LogP) is 4.13. The zero-order valence-electron chi connectivity index (χ0n) is 10.2. The molecule has 0 radical (unpaired) electrons. The number of hydrogen-bond acceptors (Lipinski definition) is 3. The van der Waals surface area contributed by atoms with Crippen molar-refractivity contribution in [3.8, 4) is 0 Å². The van der Waals surface area contributed by atoms with E-state index in [4.69, 9.17) is 0 Å². The van der Waals surface area contributed by atoms with E-state index >= 15 is 0 Å². The third-order valence-corrected chi connectivity index (χ3v) is 5.16. The predicted molar refractivity (Wildman–Crippen MR) is 76.1 cm³/mol. The lowest BCUT2D eigenvalue weighted by molar-refractivity contribution is 0.0950. The quantitative estimate of drug-likeness (QED) is 0.867. The van der Waals surface area contributed by atoms with Crippen LogP contribution < -0.4 is 5.32 Å². The molecule has 1 N–H and O–H groups in total. The van der Waals surface area contributed by atoms with Crippen LogP contribution in [0, 0.1) is 5.92 Å². The molecule has 0 aliphatic heterocycles. The number of nitrogens with one attached hydrogen (secondary N) is 1. The summed E-state index contributed by atoms with van der Waals surface area (Å²) in [5, 5.41) is 5.09. The van der Waals surface area contributed by atoms with E-state index < -0.39 is 0 Å². The number of fused-ring (bicyclic) bond motifs is 1. The van der Waals surface area contributed by atoms with Crippen LogP contribution >= 0.6 is 22.7 Å². The van der Waals surface area contributed by atoms with Crippen LogP contribution in [-0.2, 0) is 0 Å². The highest BCUT2D eigenvalue weighted by Gasteiger charge is 2.12. The van der Waals surface area contributed by atoms with E-state index in [9.17, 15) is 4.79 Å². The highest BCUT2D eigenvalue weighted by Crippen LogP contribution is 2.29. The molecule has 0 unspecified atom stereocenters. The Morgan fingerprint density at radius 2 is 2.12 bits per heavy atom. The van der Waals surface area contributed by atoms with Gasteiger partial charge in [-0.05, 0) is 23.4 Å². The molecule has 2 aromatic heterocycles. The van der Waals surface area contributed by atoms with Crippen molar-refractivity contribution in [1.29, 1.82) is 0 Å². The van der Waals surface area contributed by atoms with Gasteiger partial charge < -0.3 is 5.32 Å². The molecule has 92 valence electrons. The molecule has 17 heavy (non-hydrogen) atoms. The third kappa shape index (κ3) is 2.87. The summed E-state index contributed by atoms with van der Waals surface area (Å²) in [5.41, 5.74) is 0. The maximum absolute atomic E-state index is 12.0. The van der Waals surface area contributed by atoms with Crippen LogP contribution in [0.5, 0.6) is 0 Å². The summed E-state index contributed by atoms with van der Waals surface area (Å²) in [4.78, 5) is 12.8. The van der Waals surface area contributed by atoms with Crippen molar-refractivity contribution in [2.24, 2.45) is 5.92 Å².